The molecule has 0 N–H and O–H groups in total. The molecule has 4 aromatic rings. The number of hydrogen-bond donors (Lipinski definition) is 0. The number of rotatable bonds is 0. The largest absolute Gasteiger partial charge is 0.458 e. The van der Waals surface area contributed by atoms with Gasteiger partial charge in [0, 0.05) is 16.4 Å². The molecule has 0 spiro atoms. The fraction of sp³-hybridized carbons (Fsp3) is 0.294. The molecule has 4 aromatic carbocycles. The third-order valence-electron chi connectivity index (χ3n) is 9.28. The second kappa shape index (κ2) is 6.89. The van der Waals surface area contributed by atoms with Crippen LogP contribution in [0.25, 0.3) is 11.1 Å². The molecular weight excluding hydrogens is 451 g/mol. The maximum absolute atomic E-state index is 6.87. The molecule has 182 valence electrons. The molecule has 2 aliphatic carbocycles. The smallest absolute Gasteiger partial charge is 0.260 e. The zero-order chi connectivity index (χ0) is 25.3. The topological polar surface area (TPSA) is 18.5 Å². The molecule has 0 unspecified atom stereocenters. The van der Waals surface area contributed by atoms with Crippen LogP contribution in [-0.4, -0.2) is 6.71 Å². The molecule has 0 bridgehead atoms. The van der Waals surface area contributed by atoms with E-state index >= 15 is 0 Å². The van der Waals surface area contributed by atoms with Gasteiger partial charge in [-0.1, -0.05) is 77.1 Å². The van der Waals surface area contributed by atoms with Gasteiger partial charge in [0.2, 0.25) is 0 Å². The monoisotopic (exact) mass is 482 g/mol. The quantitative estimate of drug-likeness (QED) is 0.230. The molecule has 0 saturated carbocycles. The van der Waals surface area contributed by atoms with Crippen LogP contribution in [0, 0.1) is 0 Å². The summed E-state index contributed by atoms with van der Waals surface area (Å²) < 4.78 is 13.3. The lowest BCUT2D eigenvalue weighted by Gasteiger charge is -2.35. The van der Waals surface area contributed by atoms with Crippen LogP contribution in [-0.2, 0) is 23.7 Å². The van der Waals surface area contributed by atoms with E-state index in [1.165, 1.54) is 63.6 Å². The average molecular weight is 482 g/mol. The summed E-state index contributed by atoms with van der Waals surface area (Å²) in [7, 11) is 0. The minimum Gasteiger partial charge on any atom is -0.458 e. The summed E-state index contributed by atoms with van der Waals surface area (Å²) in [5, 5.41) is 0. The molecule has 8 rings (SSSR count). The summed E-state index contributed by atoms with van der Waals surface area (Å²) in [4.78, 5) is 0. The predicted molar refractivity (Wildman–Crippen MR) is 152 cm³/mol. The van der Waals surface area contributed by atoms with Gasteiger partial charge in [0.05, 0.1) is 0 Å². The second-order valence-electron chi connectivity index (χ2n) is 12.8. The van der Waals surface area contributed by atoms with Crippen molar-refractivity contribution in [1.82, 2.24) is 0 Å². The van der Waals surface area contributed by atoms with Gasteiger partial charge in [-0.15, -0.1) is 0 Å². The molecule has 0 amide bonds. The van der Waals surface area contributed by atoms with Crippen LogP contribution in [0.1, 0.15) is 68.9 Å². The lowest BCUT2D eigenvalue weighted by atomic mass is 9.34. The van der Waals surface area contributed by atoms with Gasteiger partial charge < -0.3 is 9.47 Å². The first-order valence-electron chi connectivity index (χ1n) is 13.7. The van der Waals surface area contributed by atoms with E-state index in [0.29, 0.717) is 0 Å². The van der Waals surface area contributed by atoms with Gasteiger partial charge in [0.1, 0.15) is 23.0 Å². The molecule has 0 fully saturated rings. The normalized spacial score (nSPS) is 17.1. The van der Waals surface area contributed by atoms with Gasteiger partial charge >= 0.3 is 0 Å². The van der Waals surface area contributed by atoms with Crippen molar-refractivity contribution in [1.29, 1.82) is 0 Å². The second-order valence-corrected chi connectivity index (χ2v) is 12.8. The zero-order valence-corrected chi connectivity index (χ0v) is 22.3. The van der Waals surface area contributed by atoms with Crippen LogP contribution in [0.15, 0.2) is 60.7 Å². The van der Waals surface area contributed by atoms with E-state index in [1.807, 2.05) is 0 Å². The molecule has 2 heterocycles. The third kappa shape index (κ3) is 2.73. The molecule has 4 aliphatic rings. The molecule has 2 nitrogen and oxygen atoms in total. The lowest BCUT2D eigenvalue weighted by Crippen LogP contribution is -2.57. The fourth-order valence-corrected chi connectivity index (χ4v) is 7.47. The van der Waals surface area contributed by atoms with Crippen LogP contribution in [0.2, 0.25) is 0 Å². The Labute approximate surface area is 219 Å². The highest BCUT2D eigenvalue weighted by molar-refractivity contribution is 6.98. The SMILES string of the molecule is CC(C)(C)c1ccc2c(c1)B1c3ccc4c(c3Oc3cccc(c31)O2)-c1ccc2c(c1C4(C)C)CCC2. The van der Waals surface area contributed by atoms with E-state index in [4.69, 9.17) is 9.47 Å². The first-order valence-corrected chi connectivity index (χ1v) is 13.7. The number of ether oxygens (including phenoxy) is 2. The summed E-state index contributed by atoms with van der Waals surface area (Å²) in [6.07, 6.45) is 3.65. The maximum Gasteiger partial charge on any atom is 0.260 e. The number of benzene rings is 4. The van der Waals surface area contributed by atoms with E-state index in [-0.39, 0.29) is 17.5 Å². The highest BCUT2D eigenvalue weighted by Gasteiger charge is 2.46. The van der Waals surface area contributed by atoms with Crippen molar-refractivity contribution in [3.63, 3.8) is 0 Å². The van der Waals surface area contributed by atoms with Crippen LogP contribution in [0.4, 0.5) is 0 Å². The summed E-state index contributed by atoms with van der Waals surface area (Å²) >= 11 is 0. The highest BCUT2D eigenvalue weighted by atomic mass is 16.5. The Morgan fingerprint density at radius 1 is 0.811 bits per heavy atom. The van der Waals surface area contributed by atoms with Gasteiger partial charge in [-0.3, -0.25) is 0 Å². The molecule has 0 atom stereocenters. The Hall–Kier alpha value is -3.46. The van der Waals surface area contributed by atoms with E-state index < -0.39 is 0 Å². The standard InChI is InChI=1S/C34H31BO2/c1-33(2,3)20-13-17-26-25(18-20)35-24-16-15-23-29(32(24)37-28-11-7-10-27(36-26)31(28)35)22-14-12-19-8-6-9-21(19)30(22)34(23,4)5/h7,10-18H,6,8-9H2,1-5H3. The van der Waals surface area contributed by atoms with Gasteiger partial charge in [-0.25, -0.2) is 0 Å². The molecule has 0 saturated heterocycles. The average Bonchev–Trinajstić information content (AvgIpc) is 3.43. The first-order chi connectivity index (χ1) is 17.7. The van der Waals surface area contributed by atoms with Crippen molar-refractivity contribution >= 4 is 23.1 Å². The zero-order valence-electron chi connectivity index (χ0n) is 22.3. The predicted octanol–water partition coefficient (Wildman–Crippen LogP) is 6.51. The van der Waals surface area contributed by atoms with Crippen molar-refractivity contribution in [2.75, 3.05) is 0 Å². The van der Waals surface area contributed by atoms with Crippen LogP contribution in [0.3, 0.4) is 0 Å². The van der Waals surface area contributed by atoms with E-state index in [2.05, 4.69) is 95.3 Å². The fourth-order valence-electron chi connectivity index (χ4n) is 7.47. The Morgan fingerprint density at radius 3 is 2.43 bits per heavy atom. The highest BCUT2D eigenvalue weighted by Crippen LogP contribution is 2.55. The van der Waals surface area contributed by atoms with Crippen molar-refractivity contribution in [2.45, 2.75) is 64.7 Å². The van der Waals surface area contributed by atoms with Crippen molar-refractivity contribution < 1.29 is 9.47 Å². The first kappa shape index (κ1) is 21.6. The lowest BCUT2D eigenvalue weighted by molar-refractivity contribution is 0.464. The minimum absolute atomic E-state index is 0.0339. The molecule has 0 radical (unpaired) electrons. The molecule has 37 heavy (non-hydrogen) atoms. The van der Waals surface area contributed by atoms with Crippen LogP contribution >= 0.6 is 0 Å². The number of fused-ring (bicyclic) bond motifs is 10. The van der Waals surface area contributed by atoms with Crippen molar-refractivity contribution in [2.24, 2.45) is 0 Å². The van der Waals surface area contributed by atoms with Gasteiger partial charge in [0.15, 0.2) is 0 Å². The van der Waals surface area contributed by atoms with E-state index in [0.717, 1.165) is 28.5 Å². The van der Waals surface area contributed by atoms with Crippen molar-refractivity contribution in [3.05, 3.63) is 88.5 Å². The summed E-state index contributed by atoms with van der Waals surface area (Å²) in [6, 6.07) is 22.5. The molecule has 2 aliphatic heterocycles. The van der Waals surface area contributed by atoms with Crippen LogP contribution in [0.5, 0.6) is 23.0 Å². The summed E-state index contributed by atoms with van der Waals surface area (Å²) in [6.45, 7) is 11.7. The van der Waals surface area contributed by atoms with Crippen molar-refractivity contribution in [3.8, 4) is 34.1 Å². The number of hydrogen-bond acceptors (Lipinski definition) is 2. The van der Waals surface area contributed by atoms with E-state index in [1.54, 1.807) is 5.56 Å². The van der Waals surface area contributed by atoms with Gasteiger partial charge in [0.25, 0.3) is 6.71 Å². The molecule has 3 heteroatoms. The summed E-state index contributed by atoms with van der Waals surface area (Å²) in [5.74, 6) is 3.81. The molecule has 0 aromatic heterocycles. The number of aryl methyl sites for hydroxylation is 1. The Balaban J connectivity index is 1.42. The molecular formula is C34H31BO2. The third-order valence-corrected chi connectivity index (χ3v) is 9.28. The Morgan fingerprint density at radius 2 is 1.62 bits per heavy atom. The summed E-state index contributed by atoms with van der Waals surface area (Å²) in [5.41, 5.74) is 13.7. The Kier molecular flexibility index (Phi) is 4.03. The minimum atomic E-state index is -0.0339. The van der Waals surface area contributed by atoms with Gasteiger partial charge in [-0.2, -0.15) is 0 Å². The van der Waals surface area contributed by atoms with Gasteiger partial charge in [-0.05, 0) is 87.2 Å². The van der Waals surface area contributed by atoms with E-state index in [9.17, 15) is 0 Å². The maximum atomic E-state index is 6.87. The Bertz CT molecular complexity index is 1670. The van der Waals surface area contributed by atoms with Crippen LogP contribution < -0.4 is 25.9 Å².